The van der Waals surface area contributed by atoms with Gasteiger partial charge in [0.05, 0.1) is 5.25 Å². The van der Waals surface area contributed by atoms with E-state index < -0.39 is 0 Å². The maximum absolute atomic E-state index is 12.5. The van der Waals surface area contributed by atoms with Crippen molar-refractivity contribution in [3.63, 3.8) is 0 Å². The molecule has 2 rings (SSSR count). The van der Waals surface area contributed by atoms with Crippen molar-refractivity contribution in [3.05, 3.63) is 65.0 Å². The smallest absolute Gasteiger partial charge is 0.252 e. The summed E-state index contributed by atoms with van der Waals surface area (Å²) in [5.74, 6) is 0.0364. The highest BCUT2D eigenvalue weighted by molar-refractivity contribution is 8.00. The summed E-state index contributed by atoms with van der Waals surface area (Å²) in [5.41, 5.74) is 1.95. The minimum Gasteiger partial charge on any atom is -0.618 e. The van der Waals surface area contributed by atoms with Gasteiger partial charge < -0.3 is 5.21 Å². The van der Waals surface area contributed by atoms with E-state index >= 15 is 0 Å². The van der Waals surface area contributed by atoms with Crippen molar-refractivity contribution in [2.24, 2.45) is 0 Å². The van der Waals surface area contributed by atoms with E-state index in [1.54, 1.807) is 18.2 Å². The Hall–Kier alpha value is -1.81. The Balaban J connectivity index is 2.12. The number of benzene rings is 1. The van der Waals surface area contributed by atoms with Crippen molar-refractivity contribution >= 4 is 17.5 Å². The summed E-state index contributed by atoms with van der Waals surface area (Å²) < 4.78 is 0.789. The number of rotatable bonds is 4. The Bertz CT molecular complexity index is 660. The maximum atomic E-state index is 12.5. The van der Waals surface area contributed by atoms with Crippen LogP contribution >= 0.6 is 11.8 Å². The molecule has 3 nitrogen and oxygen atoms in total. The zero-order chi connectivity index (χ0) is 16.3. The van der Waals surface area contributed by atoms with E-state index in [0.717, 1.165) is 4.73 Å². The molecule has 0 spiro atoms. The van der Waals surface area contributed by atoms with Crippen LogP contribution in [0.1, 0.15) is 43.6 Å². The summed E-state index contributed by atoms with van der Waals surface area (Å²) in [7, 11) is 0. The number of pyridine rings is 1. The molecule has 0 bridgehead atoms. The van der Waals surface area contributed by atoms with E-state index in [1.165, 1.54) is 23.5 Å². The van der Waals surface area contributed by atoms with Crippen molar-refractivity contribution < 1.29 is 9.52 Å². The molecular weight excluding hydrogens is 294 g/mol. The van der Waals surface area contributed by atoms with Crippen molar-refractivity contribution in [2.75, 3.05) is 0 Å². The number of hydrogen-bond acceptors (Lipinski definition) is 3. The van der Waals surface area contributed by atoms with Crippen molar-refractivity contribution in [2.45, 2.75) is 43.4 Å². The van der Waals surface area contributed by atoms with Crippen LogP contribution in [0, 0.1) is 5.21 Å². The van der Waals surface area contributed by atoms with Gasteiger partial charge >= 0.3 is 0 Å². The SMILES string of the molecule is CC(Sc1cccc[n+]1[O-])C(=O)c1ccc(C(C)(C)C)cc1. The van der Waals surface area contributed by atoms with Gasteiger partial charge in [-0.25, -0.2) is 0 Å². The number of hydrogen-bond donors (Lipinski definition) is 0. The molecule has 0 fully saturated rings. The van der Waals surface area contributed by atoms with E-state index in [-0.39, 0.29) is 16.4 Å². The molecule has 0 radical (unpaired) electrons. The number of carbonyl (C=O) groups excluding carboxylic acids is 1. The highest BCUT2D eigenvalue weighted by Gasteiger charge is 2.21. The van der Waals surface area contributed by atoms with Crippen molar-refractivity contribution in [3.8, 4) is 0 Å². The van der Waals surface area contributed by atoms with E-state index in [4.69, 9.17) is 0 Å². The van der Waals surface area contributed by atoms with Crippen molar-refractivity contribution in [1.29, 1.82) is 0 Å². The average molecular weight is 315 g/mol. The van der Waals surface area contributed by atoms with Crippen LogP contribution in [0.3, 0.4) is 0 Å². The maximum Gasteiger partial charge on any atom is 0.252 e. The van der Waals surface area contributed by atoms with Gasteiger partial charge in [-0.1, -0.05) is 45.0 Å². The van der Waals surface area contributed by atoms with Gasteiger partial charge in [0.2, 0.25) is 0 Å². The zero-order valence-corrected chi connectivity index (χ0v) is 14.2. The summed E-state index contributed by atoms with van der Waals surface area (Å²) in [4.78, 5) is 12.5. The third-order valence-corrected chi connectivity index (χ3v) is 4.62. The number of thioether (sulfide) groups is 1. The van der Waals surface area contributed by atoms with Crippen LogP contribution in [0.25, 0.3) is 0 Å². The van der Waals surface area contributed by atoms with Gasteiger partial charge in [-0.2, -0.15) is 4.73 Å². The predicted molar refractivity (Wildman–Crippen MR) is 90.2 cm³/mol. The molecule has 0 aliphatic carbocycles. The van der Waals surface area contributed by atoms with Gasteiger partial charge in [0.1, 0.15) is 0 Å². The third-order valence-electron chi connectivity index (χ3n) is 3.49. The molecule has 0 N–H and O–H groups in total. The molecule has 1 atom stereocenters. The van der Waals surface area contributed by atoms with Crippen LogP contribution in [0.5, 0.6) is 0 Å². The van der Waals surface area contributed by atoms with Gasteiger partial charge in [0.25, 0.3) is 5.03 Å². The molecule has 0 saturated carbocycles. The van der Waals surface area contributed by atoms with Gasteiger partial charge in [-0.3, -0.25) is 4.79 Å². The van der Waals surface area contributed by atoms with E-state index in [9.17, 15) is 10.0 Å². The Labute approximate surface area is 136 Å². The number of nitrogens with zero attached hydrogens (tertiary/aromatic N) is 1. The third kappa shape index (κ3) is 3.89. The fourth-order valence-corrected chi connectivity index (χ4v) is 3.03. The monoisotopic (exact) mass is 315 g/mol. The Morgan fingerprint density at radius 3 is 2.32 bits per heavy atom. The normalized spacial score (nSPS) is 12.9. The summed E-state index contributed by atoms with van der Waals surface area (Å²) in [5, 5.41) is 11.9. The Morgan fingerprint density at radius 1 is 1.14 bits per heavy atom. The zero-order valence-electron chi connectivity index (χ0n) is 13.4. The van der Waals surface area contributed by atoms with Crippen molar-refractivity contribution in [1.82, 2.24) is 0 Å². The second-order valence-corrected chi connectivity index (χ2v) is 7.68. The quantitative estimate of drug-likeness (QED) is 0.371. The molecule has 2 aromatic rings. The summed E-state index contributed by atoms with van der Waals surface area (Å²) in [6.45, 7) is 8.26. The molecule has 1 aromatic heterocycles. The lowest BCUT2D eigenvalue weighted by Crippen LogP contribution is -2.29. The molecule has 116 valence electrons. The van der Waals surface area contributed by atoms with Crippen LogP contribution in [0.2, 0.25) is 0 Å². The summed E-state index contributed by atoms with van der Waals surface area (Å²) in [6.07, 6.45) is 1.44. The standard InChI is InChI=1S/C18H21NO2S/c1-13(22-16-7-5-6-12-19(16)21)17(20)14-8-10-15(11-9-14)18(2,3)4/h5-13H,1-4H3. The minimum absolute atomic E-state index is 0.0364. The molecule has 0 amide bonds. The molecule has 0 aliphatic heterocycles. The topological polar surface area (TPSA) is 44.0 Å². The van der Waals surface area contributed by atoms with Gasteiger partial charge in [-0.05, 0) is 35.7 Å². The first kappa shape index (κ1) is 16.6. The highest BCUT2D eigenvalue weighted by atomic mass is 32.2. The van der Waals surface area contributed by atoms with Crippen LogP contribution < -0.4 is 4.73 Å². The fourth-order valence-electron chi connectivity index (χ4n) is 2.11. The number of aromatic nitrogens is 1. The predicted octanol–water partition coefficient (Wildman–Crippen LogP) is 3.98. The first-order chi connectivity index (χ1) is 10.3. The molecule has 1 heterocycles. The number of Topliss-reactive ketones (excluding diaryl/α,β-unsaturated/α-hetero) is 1. The lowest BCUT2D eigenvalue weighted by atomic mass is 9.86. The Kier molecular flexibility index (Phi) is 4.91. The van der Waals surface area contributed by atoms with Crippen LogP contribution in [0.15, 0.2) is 53.7 Å². The lowest BCUT2D eigenvalue weighted by Gasteiger charge is -2.19. The van der Waals surface area contributed by atoms with E-state index in [2.05, 4.69) is 20.8 Å². The lowest BCUT2D eigenvalue weighted by molar-refractivity contribution is -0.645. The number of ketones is 1. The summed E-state index contributed by atoms with van der Waals surface area (Å²) in [6, 6.07) is 12.9. The van der Waals surface area contributed by atoms with Crippen LogP contribution in [-0.4, -0.2) is 11.0 Å². The fraction of sp³-hybridized carbons (Fsp3) is 0.333. The first-order valence-corrected chi connectivity index (χ1v) is 8.16. The van der Waals surface area contributed by atoms with Gasteiger partial charge in [0.15, 0.2) is 12.0 Å². The Morgan fingerprint density at radius 2 is 1.77 bits per heavy atom. The largest absolute Gasteiger partial charge is 0.618 e. The number of carbonyl (C=O) groups is 1. The highest BCUT2D eigenvalue weighted by Crippen LogP contribution is 2.25. The van der Waals surface area contributed by atoms with E-state index in [0.29, 0.717) is 10.6 Å². The molecule has 0 aliphatic rings. The summed E-state index contributed by atoms with van der Waals surface area (Å²) >= 11 is 1.28. The second-order valence-electron chi connectivity index (χ2n) is 6.32. The van der Waals surface area contributed by atoms with E-state index in [1.807, 2.05) is 31.2 Å². The van der Waals surface area contributed by atoms with Gasteiger partial charge in [0, 0.05) is 17.7 Å². The molecule has 0 saturated heterocycles. The molecule has 22 heavy (non-hydrogen) atoms. The molecule has 1 aromatic carbocycles. The first-order valence-electron chi connectivity index (χ1n) is 7.28. The molecule has 4 heteroatoms. The molecule has 1 unspecified atom stereocenters. The second kappa shape index (κ2) is 6.53. The average Bonchev–Trinajstić information content (AvgIpc) is 2.48. The minimum atomic E-state index is -0.303. The molecular formula is C18H21NO2S. The van der Waals surface area contributed by atoms with Crippen LogP contribution in [-0.2, 0) is 5.41 Å². The van der Waals surface area contributed by atoms with Crippen LogP contribution in [0.4, 0.5) is 0 Å². The van der Waals surface area contributed by atoms with Gasteiger partial charge in [-0.15, -0.1) is 0 Å².